The van der Waals surface area contributed by atoms with Crippen LogP contribution in [-0.2, 0) is 12.7 Å². The van der Waals surface area contributed by atoms with Gasteiger partial charge in [0, 0.05) is 5.02 Å². The quantitative estimate of drug-likeness (QED) is 0.320. The summed E-state index contributed by atoms with van der Waals surface area (Å²) in [5, 5.41) is 10.1. The van der Waals surface area contributed by atoms with Crippen LogP contribution in [0.25, 0.3) is 0 Å². The Bertz CT molecular complexity index is 1320. The zero-order chi connectivity index (χ0) is 25.7. The van der Waals surface area contributed by atoms with Crippen LogP contribution in [0.15, 0.2) is 79.1 Å². The lowest BCUT2D eigenvalue weighted by molar-refractivity contribution is -0.137. The maximum Gasteiger partial charge on any atom is 0.416 e. The maximum absolute atomic E-state index is 12.8. The molecule has 1 heterocycles. The van der Waals surface area contributed by atoms with Crippen LogP contribution in [0.1, 0.15) is 28.3 Å². The fourth-order valence-electron chi connectivity index (χ4n) is 3.53. The van der Waals surface area contributed by atoms with E-state index in [-0.39, 0.29) is 12.5 Å². The summed E-state index contributed by atoms with van der Waals surface area (Å²) >= 11 is 6.40. The number of nitrogens with zero attached hydrogens (tertiary/aromatic N) is 3. The van der Waals surface area contributed by atoms with Crippen molar-refractivity contribution in [1.82, 2.24) is 20.1 Å². The molecule has 0 aliphatic rings. The molecule has 1 atom stereocenters. The normalized spacial score (nSPS) is 12.1. The number of nitrogens with one attached hydrogen (secondary N) is 2. The Labute approximate surface area is 209 Å². The molecule has 0 saturated carbocycles. The second kappa shape index (κ2) is 10.7. The fourth-order valence-corrected chi connectivity index (χ4v) is 3.77. The monoisotopic (exact) mass is 515 g/mol. The lowest BCUT2D eigenvalue weighted by Crippen LogP contribution is -2.33. The van der Waals surface area contributed by atoms with Gasteiger partial charge in [-0.05, 0) is 47.0 Å². The van der Waals surface area contributed by atoms with Crippen LogP contribution in [-0.4, -0.2) is 27.9 Å². The summed E-state index contributed by atoms with van der Waals surface area (Å²) in [6, 6.07) is 18.0. The molecule has 0 aliphatic heterocycles. The Morgan fingerprint density at radius 1 is 1.06 bits per heavy atom. The number of ether oxygens (including phenoxy) is 1. The second-order valence-corrected chi connectivity index (χ2v) is 8.19. The number of alkyl halides is 3. The minimum absolute atomic E-state index is 0.0343. The molecular weight excluding hydrogens is 495 g/mol. The van der Waals surface area contributed by atoms with Crippen molar-refractivity contribution in [2.45, 2.75) is 18.8 Å². The van der Waals surface area contributed by atoms with Gasteiger partial charge in [-0.1, -0.05) is 54.1 Å². The number of amides is 2. The van der Waals surface area contributed by atoms with E-state index in [9.17, 15) is 18.0 Å². The first-order valence-electron chi connectivity index (χ1n) is 10.7. The van der Waals surface area contributed by atoms with Gasteiger partial charge in [0.25, 0.3) is 0 Å². The van der Waals surface area contributed by atoms with Gasteiger partial charge >= 0.3 is 12.2 Å². The van der Waals surface area contributed by atoms with E-state index in [1.807, 2.05) is 24.3 Å². The Hall–Kier alpha value is -4.05. The Balaban J connectivity index is 1.45. The van der Waals surface area contributed by atoms with E-state index in [0.717, 1.165) is 17.7 Å². The van der Waals surface area contributed by atoms with E-state index >= 15 is 0 Å². The summed E-state index contributed by atoms with van der Waals surface area (Å²) in [5.74, 6) is 0.705. The average Bonchev–Trinajstić information content (AvgIpc) is 3.29. The van der Waals surface area contributed by atoms with E-state index in [1.54, 1.807) is 31.4 Å². The smallest absolute Gasteiger partial charge is 0.416 e. The van der Waals surface area contributed by atoms with Crippen molar-refractivity contribution in [3.63, 3.8) is 0 Å². The SMILES string of the molecule is COc1ccc(C(NC(=O)Nc2ncn(Cc3ccc(C(F)(F)F)cc3)n2)c2ccccc2Cl)cc1. The number of hydrogen-bond donors (Lipinski definition) is 2. The van der Waals surface area contributed by atoms with E-state index in [1.165, 1.54) is 23.1 Å². The van der Waals surface area contributed by atoms with Gasteiger partial charge in [-0.3, -0.25) is 5.32 Å². The van der Waals surface area contributed by atoms with Crippen molar-refractivity contribution in [1.29, 1.82) is 0 Å². The minimum atomic E-state index is -4.40. The van der Waals surface area contributed by atoms with Crippen molar-refractivity contribution < 1.29 is 22.7 Å². The molecule has 0 saturated heterocycles. The van der Waals surface area contributed by atoms with Gasteiger partial charge in [-0.15, -0.1) is 5.10 Å². The molecule has 2 amide bonds. The molecule has 0 fully saturated rings. The highest BCUT2D eigenvalue weighted by Gasteiger charge is 2.30. The molecule has 1 unspecified atom stereocenters. The molecule has 0 spiro atoms. The fraction of sp³-hybridized carbons (Fsp3) is 0.160. The van der Waals surface area contributed by atoms with Gasteiger partial charge in [0.15, 0.2) is 0 Å². The van der Waals surface area contributed by atoms with E-state index in [0.29, 0.717) is 21.9 Å². The summed E-state index contributed by atoms with van der Waals surface area (Å²) in [6.07, 6.45) is -3.02. The molecule has 0 bridgehead atoms. The van der Waals surface area contributed by atoms with Gasteiger partial charge in [-0.2, -0.15) is 13.2 Å². The molecule has 186 valence electrons. The minimum Gasteiger partial charge on any atom is -0.497 e. The Kier molecular flexibility index (Phi) is 7.44. The third-order valence-corrected chi connectivity index (χ3v) is 5.67. The molecule has 4 aromatic rings. The highest BCUT2D eigenvalue weighted by Crippen LogP contribution is 2.30. The van der Waals surface area contributed by atoms with E-state index < -0.39 is 23.8 Å². The van der Waals surface area contributed by atoms with Crippen LogP contribution in [0.4, 0.5) is 23.9 Å². The Morgan fingerprint density at radius 2 is 1.75 bits per heavy atom. The molecule has 4 rings (SSSR count). The number of rotatable bonds is 7. The number of halogens is 4. The van der Waals surface area contributed by atoms with Crippen molar-refractivity contribution in [3.8, 4) is 5.75 Å². The number of aromatic nitrogens is 3. The zero-order valence-electron chi connectivity index (χ0n) is 19.0. The first kappa shape index (κ1) is 25.1. The predicted octanol–water partition coefficient (Wildman–Crippen LogP) is 5.92. The standard InChI is InChI=1S/C25H21ClF3N5O2/c1-36-19-12-8-17(9-13-19)22(20-4-2-3-5-21(20)26)31-24(35)32-23-30-15-34(33-23)14-16-6-10-18(11-7-16)25(27,28)29/h2-13,15,22H,14H2,1H3,(H2,31,32,33,35). The van der Waals surface area contributed by atoms with Crippen LogP contribution in [0.5, 0.6) is 5.75 Å². The van der Waals surface area contributed by atoms with Crippen LogP contribution in [0, 0.1) is 0 Å². The number of carbonyl (C=O) groups is 1. The van der Waals surface area contributed by atoms with Crippen LogP contribution in [0.3, 0.4) is 0 Å². The van der Waals surface area contributed by atoms with E-state index in [4.69, 9.17) is 16.3 Å². The zero-order valence-corrected chi connectivity index (χ0v) is 19.7. The number of urea groups is 1. The van der Waals surface area contributed by atoms with E-state index in [2.05, 4.69) is 20.7 Å². The van der Waals surface area contributed by atoms with Gasteiger partial charge in [0.05, 0.1) is 25.3 Å². The molecule has 7 nitrogen and oxygen atoms in total. The van der Waals surface area contributed by atoms with Gasteiger partial charge in [0.2, 0.25) is 5.95 Å². The molecule has 2 N–H and O–H groups in total. The third-order valence-electron chi connectivity index (χ3n) is 5.33. The molecule has 3 aromatic carbocycles. The summed E-state index contributed by atoms with van der Waals surface area (Å²) < 4.78 is 44.9. The van der Waals surface area contributed by atoms with Crippen LogP contribution >= 0.6 is 11.6 Å². The third kappa shape index (κ3) is 6.14. The molecule has 36 heavy (non-hydrogen) atoms. The van der Waals surface area contributed by atoms with Gasteiger partial charge in [0.1, 0.15) is 12.1 Å². The largest absolute Gasteiger partial charge is 0.497 e. The second-order valence-electron chi connectivity index (χ2n) is 7.79. The van der Waals surface area contributed by atoms with Gasteiger partial charge < -0.3 is 10.1 Å². The number of benzene rings is 3. The number of carbonyl (C=O) groups excluding carboxylic acids is 1. The molecule has 1 aromatic heterocycles. The number of methoxy groups -OCH3 is 1. The summed E-state index contributed by atoms with van der Waals surface area (Å²) in [7, 11) is 1.57. The number of anilines is 1. The lowest BCUT2D eigenvalue weighted by atomic mass is 9.98. The summed E-state index contributed by atoms with van der Waals surface area (Å²) in [6.45, 7) is 0.183. The summed E-state index contributed by atoms with van der Waals surface area (Å²) in [4.78, 5) is 16.9. The lowest BCUT2D eigenvalue weighted by Gasteiger charge is -2.21. The molecule has 0 radical (unpaired) electrons. The number of hydrogen-bond acceptors (Lipinski definition) is 4. The highest BCUT2D eigenvalue weighted by molar-refractivity contribution is 6.31. The maximum atomic E-state index is 12.8. The molecule has 0 aliphatic carbocycles. The van der Waals surface area contributed by atoms with Crippen molar-refractivity contribution >= 4 is 23.6 Å². The van der Waals surface area contributed by atoms with Gasteiger partial charge in [-0.25, -0.2) is 14.5 Å². The highest BCUT2D eigenvalue weighted by atomic mass is 35.5. The predicted molar refractivity (Wildman–Crippen MR) is 129 cm³/mol. The topological polar surface area (TPSA) is 81.1 Å². The van der Waals surface area contributed by atoms with Crippen LogP contribution in [0.2, 0.25) is 5.02 Å². The van der Waals surface area contributed by atoms with Crippen molar-refractivity contribution in [2.24, 2.45) is 0 Å². The molecular formula is C25H21ClF3N5O2. The first-order valence-corrected chi connectivity index (χ1v) is 11.1. The Morgan fingerprint density at radius 3 is 2.39 bits per heavy atom. The molecule has 11 heteroatoms. The summed E-state index contributed by atoms with van der Waals surface area (Å²) in [5.41, 5.74) is 1.34. The van der Waals surface area contributed by atoms with Crippen molar-refractivity contribution in [2.75, 3.05) is 12.4 Å². The van der Waals surface area contributed by atoms with Crippen LogP contribution < -0.4 is 15.4 Å². The first-order chi connectivity index (χ1) is 17.2. The average molecular weight is 516 g/mol. The van der Waals surface area contributed by atoms with Crippen molar-refractivity contribution in [3.05, 3.63) is 106 Å².